The summed E-state index contributed by atoms with van der Waals surface area (Å²) in [4.78, 5) is 0. The summed E-state index contributed by atoms with van der Waals surface area (Å²) in [7, 11) is 1.61. The fraction of sp³-hybridized carbons (Fsp3) is 1.00. The zero-order valence-corrected chi connectivity index (χ0v) is 9.42. The summed E-state index contributed by atoms with van der Waals surface area (Å²) < 4.78 is 5.28. The Bertz CT molecular complexity index is 151. The minimum Gasteiger partial charge on any atom is -0.387 e. The first kappa shape index (κ1) is 12.9. The van der Waals surface area contributed by atoms with Crippen LogP contribution < -0.4 is 5.73 Å². The van der Waals surface area contributed by atoms with Gasteiger partial charge in [-0.15, -0.1) is 0 Å². The molecule has 0 rings (SSSR count). The lowest BCUT2D eigenvalue weighted by molar-refractivity contribution is -0.167. The van der Waals surface area contributed by atoms with E-state index in [0.717, 1.165) is 6.42 Å². The van der Waals surface area contributed by atoms with E-state index in [1.165, 1.54) is 0 Å². The number of hydrogen-bond donors (Lipinski definition) is 2. The molecular weight excluding hydrogens is 166 g/mol. The van der Waals surface area contributed by atoms with Crippen molar-refractivity contribution >= 4 is 0 Å². The van der Waals surface area contributed by atoms with Crippen LogP contribution in [0.5, 0.6) is 0 Å². The maximum atomic E-state index is 10.3. The summed E-state index contributed by atoms with van der Waals surface area (Å²) in [6, 6.07) is 0. The quantitative estimate of drug-likeness (QED) is 0.682. The van der Waals surface area contributed by atoms with E-state index >= 15 is 0 Å². The topological polar surface area (TPSA) is 55.5 Å². The summed E-state index contributed by atoms with van der Waals surface area (Å²) >= 11 is 0. The Morgan fingerprint density at radius 1 is 1.38 bits per heavy atom. The number of ether oxygens (including phenoxy) is 1. The van der Waals surface area contributed by atoms with Crippen LogP contribution in [-0.4, -0.2) is 30.0 Å². The molecule has 0 aromatic rings. The number of hydrogen-bond acceptors (Lipinski definition) is 3. The highest BCUT2D eigenvalue weighted by atomic mass is 16.5. The SMILES string of the molecule is CCC(CN)C(C)(O)C(C)(C)OC. The van der Waals surface area contributed by atoms with Gasteiger partial charge in [0.1, 0.15) is 0 Å². The predicted molar refractivity (Wildman–Crippen MR) is 54.5 cm³/mol. The van der Waals surface area contributed by atoms with Crippen molar-refractivity contribution in [1.82, 2.24) is 0 Å². The number of nitrogens with two attached hydrogens (primary N) is 1. The van der Waals surface area contributed by atoms with Crippen LogP contribution in [0.3, 0.4) is 0 Å². The van der Waals surface area contributed by atoms with Gasteiger partial charge in [0, 0.05) is 13.0 Å². The lowest BCUT2D eigenvalue weighted by Gasteiger charge is -2.43. The summed E-state index contributed by atoms with van der Waals surface area (Å²) in [6.07, 6.45) is 0.857. The van der Waals surface area contributed by atoms with Crippen molar-refractivity contribution in [3.8, 4) is 0 Å². The van der Waals surface area contributed by atoms with Crippen molar-refractivity contribution in [3.63, 3.8) is 0 Å². The Kier molecular flexibility index (Phi) is 4.36. The monoisotopic (exact) mass is 189 g/mol. The molecule has 0 aliphatic heterocycles. The Labute approximate surface area is 81.3 Å². The maximum absolute atomic E-state index is 10.3. The summed E-state index contributed by atoms with van der Waals surface area (Å²) in [5.74, 6) is 0.0717. The molecule has 0 saturated heterocycles. The standard InChI is InChI=1S/C10H23NO2/c1-6-8(7-11)10(4,12)9(2,3)13-5/h8,12H,6-7,11H2,1-5H3. The van der Waals surface area contributed by atoms with Crippen LogP contribution in [0.15, 0.2) is 0 Å². The number of methoxy groups -OCH3 is 1. The molecule has 0 heterocycles. The summed E-state index contributed by atoms with van der Waals surface area (Å²) in [6.45, 7) is 8.06. The second kappa shape index (κ2) is 4.40. The van der Waals surface area contributed by atoms with Crippen molar-refractivity contribution in [2.45, 2.75) is 45.3 Å². The fourth-order valence-corrected chi connectivity index (χ4v) is 1.49. The van der Waals surface area contributed by atoms with Gasteiger partial charge in [0.25, 0.3) is 0 Å². The van der Waals surface area contributed by atoms with Crippen LogP contribution in [0.2, 0.25) is 0 Å². The van der Waals surface area contributed by atoms with E-state index in [1.807, 2.05) is 20.8 Å². The highest BCUT2D eigenvalue weighted by molar-refractivity contribution is 4.96. The first-order valence-electron chi connectivity index (χ1n) is 4.81. The molecule has 0 spiro atoms. The average molecular weight is 189 g/mol. The first-order valence-corrected chi connectivity index (χ1v) is 4.81. The third kappa shape index (κ3) is 2.42. The van der Waals surface area contributed by atoms with E-state index < -0.39 is 11.2 Å². The average Bonchev–Trinajstić information content (AvgIpc) is 2.06. The van der Waals surface area contributed by atoms with Crippen LogP contribution in [0.1, 0.15) is 34.1 Å². The number of aliphatic hydroxyl groups is 1. The highest BCUT2D eigenvalue weighted by Gasteiger charge is 2.44. The van der Waals surface area contributed by atoms with Crippen LogP contribution in [0.4, 0.5) is 0 Å². The second-order valence-corrected chi connectivity index (χ2v) is 4.20. The van der Waals surface area contributed by atoms with Crippen LogP contribution >= 0.6 is 0 Å². The molecule has 0 aliphatic carbocycles. The van der Waals surface area contributed by atoms with Crippen LogP contribution in [0, 0.1) is 5.92 Å². The number of rotatable bonds is 5. The van der Waals surface area contributed by atoms with Gasteiger partial charge in [-0.2, -0.15) is 0 Å². The summed E-state index contributed by atoms with van der Waals surface area (Å²) in [5.41, 5.74) is 4.16. The smallest absolute Gasteiger partial charge is 0.0942 e. The van der Waals surface area contributed by atoms with Crippen molar-refractivity contribution in [1.29, 1.82) is 0 Å². The Morgan fingerprint density at radius 2 is 1.85 bits per heavy atom. The van der Waals surface area contributed by atoms with Gasteiger partial charge in [0.05, 0.1) is 11.2 Å². The van der Waals surface area contributed by atoms with Gasteiger partial charge >= 0.3 is 0 Å². The molecule has 3 nitrogen and oxygen atoms in total. The molecule has 3 heteroatoms. The Morgan fingerprint density at radius 3 is 2.08 bits per heavy atom. The lowest BCUT2D eigenvalue weighted by Crippen LogP contribution is -2.55. The van der Waals surface area contributed by atoms with Gasteiger partial charge in [-0.05, 0) is 33.7 Å². The van der Waals surface area contributed by atoms with E-state index in [9.17, 15) is 5.11 Å². The third-order valence-corrected chi connectivity index (χ3v) is 3.30. The maximum Gasteiger partial charge on any atom is 0.0942 e. The van der Waals surface area contributed by atoms with E-state index in [-0.39, 0.29) is 5.92 Å². The van der Waals surface area contributed by atoms with Crippen molar-refractivity contribution < 1.29 is 9.84 Å². The van der Waals surface area contributed by atoms with Gasteiger partial charge < -0.3 is 15.6 Å². The third-order valence-electron chi connectivity index (χ3n) is 3.30. The zero-order chi connectivity index (χ0) is 10.7. The molecule has 0 bridgehead atoms. The first-order chi connectivity index (χ1) is 5.83. The molecule has 0 radical (unpaired) electrons. The van der Waals surface area contributed by atoms with E-state index in [4.69, 9.17) is 10.5 Å². The minimum atomic E-state index is -0.884. The van der Waals surface area contributed by atoms with Crippen LogP contribution in [0.25, 0.3) is 0 Å². The molecule has 0 fully saturated rings. The van der Waals surface area contributed by atoms with E-state index in [1.54, 1.807) is 14.0 Å². The second-order valence-electron chi connectivity index (χ2n) is 4.20. The molecule has 0 saturated carbocycles. The molecule has 0 aliphatic rings. The molecule has 13 heavy (non-hydrogen) atoms. The van der Waals surface area contributed by atoms with E-state index in [0.29, 0.717) is 6.54 Å². The van der Waals surface area contributed by atoms with Crippen molar-refractivity contribution in [3.05, 3.63) is 0 Å². The fourth-order valence-electron chi connectivity index (χ4n) is 1.49. The molecule has 0 aromatic carbocycles. The summed E-state index contributed by atoms with van der Waals surface area (Å²) in [5, 5.41) is 10.3. The molecule has 2 unspecified atom stereocenters. The molecule has 0 aromatic heterocycles. The van der Waals surface area contributed by atoms with Gasteiger partial charge in [-0.1, -0.05) is 6.92 Å². The Hall–Kier alpha value is -0.120. The van der Waals surface area contributed by atoms with Crippen LogP contribution in [-0.2, 0) is 4.74 Å². The zero-order valence-electron chi connectivity index (χ0n) is 9.42. The Balaban J connectivity index is 4.70. The van der Waals surface area contributed by atoms with Crippen molar-refractivity contribution in [2.75, 3.05) is 13.7 Å². The van der Waals surface area contributed by atoms with Gasteiger partial charge in [-0.3, -0.25) is 0 Å². The molecular formula is C10H23NO2. The highest BCUT2D eigenvalue weighted by Crippen LogP contribution is 2.33. The molecule has 3 N–H and O–H groups in total. The molecule has 2 atom stereocenters. The van der Waals surface area contributed by atoms with Gasteiger partial charge in [0.15, 0.2) is 0 Å². The molecule has 80 valence electrons. The normalized spacial score (nSPS) is 19.6. The minimum absolute atomic E-state index is 0.0717. The van der Waals surface area contributed by atoms with Gasteiger partial charge in [-0.25, -0.2) is 0 Å². The lowest BCUT2D eigenvalue weighted by atomic mass is 9.75. The molecule has 0 amide bonds. The van der Waals surface area contributed by atoms with E-state index in [2.05, 4.69) is 0 Å². The predicted octanol–water partition coefficient (Wildman–Crippen LogP) is 1.15. The van der Waals surface area contributed by atoms with Crippen molar-refractivity contribution in [2.24, 2.45) is 11.7 Å². The van der Waals surface area contributed by atoms with Gasteiger partial charge in [0.2, 0.25) is 0 Å². The largest absolute Gasteiger partial charge is 0.387 e.